The van der Waals surface area contributed by atoms with Gasteiger partial charge >= 0.3 is 0 Å². The molecule has 0 unspecified atom stereocenters. The predicted octanol–water partition coefficient (Wildman–Crippen LogP) is 4.71. The standard InChI is InChI=1S/C25H23N5/c1-2-9-21(10-3-1)25-28-23(27-17-19-7-6-13-26-16-19)15-24(29-25)30-14-12-20-8-4-5-11-22(20)18-30/h1-11,13,15-16H,12,14,17-18H2,(H,27,28,29). The first-order chi connectivity index (χ1) is 14.8. The first-order valence-corrected chi connectivity index (χ1v) is 10.2. The van der Waals surface area contributed by atoms with Gasteiger partial charge in [0, 0.05) is 43.7 Å². The van der Waals surface area contributed by atoms with Crippen molar-refractivity contribution in [2.24, 2.45) is 0 Å². The zero-order valence-electron chi connectivity index (χ0n) is 16.7. The summed E-state index contributed by atoms with van der Waals surface area (Å²) in [7, 11) is 0. The highest BCUT2D eigenvalue weighted by atomic mass is 15.2. The van der Waals surface area contributed by atoms with Crippen LogP contribution in [0.5, 0.6) is 0 Å². The Bertz CT molecular complexity index is 1130. The number of rotatable bonds is 5. The molecule has 4 aromatic rings. The van der Waals surface area contributed by atoms with E-state index in [0.29, 0.717) is 6.54 Å². The number of fused-ring (bicyclic) bond motifs is 1. The Hall–Kier alpha value is -3.73. The molecule has 1 aliphatic rings. The molecular weight excluding hydrogens is 370 g/mol. The molecule has 1 N–H and O–H groups in total. The summed E-state index contributed by atoms with van der Waals surface area (Å²) >= 11 is 0. The van der Waals surface area contributed by atoms with E-state index in [-0.39, 0.29) is 0 Å². The van der Waals surface area contributed by atoms with Gasteiger partial charge in [-0.3, -0.25) is 4.98 Å². The van der Waals surface area contributed by atoms with Gasteiger partial charge in [-0.05, 0) is 29.2 Å². The first-order valence-electron chi connectivity index (χ1n) is 10.2. The summed E-state index contributed by atoms with van der Waals surface area (Å²) in [5, 5.41) is 3.45. The molecule has 0 amide bonds. The third-order valence-electron chi connectivity index (χ3n) is 5.40. The van der Waals surface area contributed by atoms with Crippen LogP contribution in [-0.2, 0) is 19.5 Å². The molecule has 2 aromatic heterocycles. The lowest BCUT2D eigenvalue weighted by Gasteiger charge is -2.30. The number of nitrogens with one attached hydrogen (secondary N) is 1. The third kappa shape index (κ3) is 4.01. The molecule has 0 saturated carbocycles. The molecule has 5 nitrogen and oxygen atoms in total. The van der Waals surface area contributed by atoms with Gasteiger partial charge in [-0.2, -0.15) is 0 Å². The summed E-state index contributed by atoms with van der Waals surface area (Å²) in [4.78, 5) is 16.2. The van der Waals surface area contributed by atoms with E-state index in [9.17, 15) is 0 Å². The maximum absolute atomic E-state index is 4.92. The van der Waals surface area contributed by atoms with Crippen molar-refractivity contribution < 1.29 is 0 Å². The zero-order chi connectivity index (χ0) is 20.2. The molecule has 0 atom stereocenters. The number of hydrogen-bond donors (Lipinski definition) is 1. The van der Waals surface area contributed by atoms with Gasteiger partial charge in [0.1, 0.15) is 11.6 Å². The summed E-state index contributed by atoms with van der Waals surface area (Å²) in [6.45, 7) is 2.48. The van der Waals surface area contributed by atoms with Gasteiger partial charge in [0.15, 0.2) is 5.82 Å². The van der Waals surface area contributed by atoms with Crippen molar-refractivity contribution in [1.29, 1.82) is 0 Å². The van der Waals surface area contributed by atoms with Crippen molar-refractivity contribution in [1.82, 2.24) is 15.0 Å². The van der Waals surface area contributed by atoms with Crippen LogP contribution in [0.15, 0.2) is 85.2 Å². The van der Waals surface area contributed by atoms with Gasteiger partial charge in [-0.25, -0.2) is 9.97 Å². The summed E-state index contributed by atoms with van der Waals surface area (Å²) in [5.41, 5.74) is 4.93. The summed E-state index contributed by atoms with van der Waals surface area (Å²) < 4.78 is 0. The van der Waals surface area contributed by atoms with Crippen LogP contribution in [-0.4, -0.2) is 21.5 Å². The minimum absolute atomic E-state index is 0.668. The fraction of sp³-hybridized carbons (Fsp3) is 0.160. The molecule has 0 fully saturated rings. The number of anilines is 2. The van der Waals surface area contributed by atoms with E-state index in [4.69, 9.17) is 9.97 Å². The van der Waals surface area contributed by atoms with Crippen molar-refractivity contribution in [3.05, 3.63) is 102 Å². The Morgan fingerprint density at radius 3 is 2.53 bits per heavy atom. The molecule has 1 aliphatic heterocycles. The Balaban J connectivity index is 1.47. The van der Waals surface area contributed by atoms with Crippen molar-refractivity contribution in [3.8, 4) is 11.4 Å². The van der Waals surface area contributed by atoms with E-state index >= 15 is 0 Å². The quantitative estimate of drug-likeness (QED) is 0.532. The highest BCUT2D eigenvalue weighted by Gasteiger charge is 2.19. The summed E-state index contributed by atoms with van der Waals surface area (Å²) in [5.74, 6) is 2.51. The molecule has 30 heavy (non-hydrogen) atoms. The van der Waals surface area contributed by atoms with Crippen LogP contribution in [0.1, 0.15) is 16.7 Å². The Morgan fingerprint density at radius 1 is 0.867 bits per heavy atom. The van der Waals surface area contributed by atoms with Gasteiger partial charge in [-0.1, -0.05) is 60.7 Å². The zero-order valence-corrected chi connectivity index (χ0v) is 16.7. The second-order valence-corrected chi connectivity index (χ2v) is 7.46. The van der Waals surface area contributed by atoms with Crippen LogP contribution in [0, 0.1) is 0 Å². The summed E-state index contributed by atoms with van der Waals surface area (Å²) in [6.07, 6.45) is 4.68. The van der Waals surface area contributed by atoms with Crippen LogP contribution in [0.25, 0.3) is 11.4 Å². The van der Waals surface area contributed by atoms with E-state index in [1.807, 2.05) is 30.5 Å². The molecule has 2 aromatic carbocycles. The molecule has 0 spiro atoms. The average Bonchev–Trinajstić information content (AvgIpc) is 2.83. The fourth-order valence-electron chi connectivity index (χ4n) is 3.79. The average molecular weight is 393 g/mol. The molecule has 5 rings (SSSR count). The van der Waals surface area contributed by atoms with Crippen LogP contribution in [0.4, 0.5) is 11.6 Å². The third-order valence-corrected chi connectivity index (χ3v) is 5.40. The maximum Gasteiger partial charge on any atom is 0.163 e. The van der Waals surface area contributed by atoms with E-state index in [1.165, 1.54) is 11.1 Å². The SMILES string of the molecule is c1ccc(-c2nc(NCc3cccnc3)cc(N3CCc4ccccc4C3)n2)cc1. The van der Waals surface area contributed by atoms with Crippen molar-refractivity contribution >= 4 is 11.6 Å². The molecule has 0 aliphatic carbocycles. The Morgan fingerprint density at radius 2 is 1.70 bits per heavy atom. The van der Waals surface area contributed by atoms with Crippen LogP contribution >= 0.6 is 0 Å². The van der Waals surface area contributed by atoms with Gasteiger partial charge in [0.05, 0.1) is 0 Å². The highest BCUT2D eigenvalue weighted by Crippen LogP contribution is 2.27. The molecule has 0 radical (unpaired) electrons. The number of nitrogens with zero attached hydrogens (tertiary/aromatic N) is 4. The van der Waals surface area contributed by atoms with Crippen LogP contribution in [0.3, 0.4) is 0 Å². The monoisotopic (exact) mass is 393 g/mol. The molecule has 5 heteroatoms. The normalized spacial score (nSPS) is 13.0. The summed E-state index contributed by atoms with van der Waals surface area (Å²) in [6, 6.07) is 24.9. The van der Waals surface area contributed by atoms with Crippen molar-refractivity contribution in [3.63, 3.8) is 0 Å². The molecule has 0 saturated heterocycles. The van der Waals surface area contributed by atoms with Crippen LogP contribution < -0.4 is 10.2 Å². The van der Waals surface area contributed by atoms with Gasteiger partial charge in [0.25, 0.3) is 0 Å². The first kappa shape index (κ1) is 18.3. The second kappa shape index (κ2) is 8.33. The maximum atomic E-state index is 4.92. The van der Waals surface area contributed by atoms with Crippen molar-refractivity contribution in [2.45, 2.75) is 19.5 Å². The number of benzene rings is 2. The number of pyridine rings is 1. The molecule has 148 valence electrons. The minimum atomic E-state index is 0.668. The Labute approximate surface area is 176 Å². The van der Waals surface area contributed by atoms with E-state index in [0.717, 1.165) is 48.1 Å². The lowest BCUT2D eigenvalue weighted by Crippen LogP contribution is -2.31. The molecular formula is C25H23N5. The fourth-order valence-corrected chi connectivity index (χ4v) is 3.79. The largest absolute Gasteiger partial charge is 0.366 e. The number of aromatic nitrogens is 3. The van der Waals surface area contributed by atoms with Crippen molar-refractivity contribution in [2.75, 3.05) is 16.8 Å². The molecule has 3 heterocycles. The molecule has 0 bridgehead atoms. The number of hydrogen-bond acceptors (Lipinski definition) is 5. The van der Waals surface area contributed by atoms with E-state index in [2.05, 4.69) is 63.7 Å². The Kier molecular flexibility index (Phi) is 5.08. The smallest absolute Gasteiger partial charge is 0.163 e. The van der Waals surface area contributed by atoms with Crippen LogP contribution in [0.2, 0.25) is 0 Å². The lowest BCUT2D eigenvalue weighted by molar-refractivity contribution is 0.720. The second-order valence-electron chi connectivity index (χ2n) is 7.46. The highest BCUT2D eigenvalue weighted by molar-refractivity contribution is 5.62. The van der Waals surface area contributed by atoms with E-state index < -0.39 is 0 Å². The van der Waals surface area contributed by atoms with Gasteiger partial charge in [-0.15, -0.1) is 0 Å². The lowest BCUT2D eigenvalue weighted by atomic mass is 10.00. The van der Waals surface area contributed by atoms with E-state index in [1.54, 1.807) is 6.20 Å². The topological polar surface area (TPSA) is 53.9 Å². The minimum Gasteiger partial charge on any atom is -0.366 e. The van der Waals surface area contributed by atoms with Gasteiger partial charge in [0.2, 0.25) is 0 Å². The predicted molar refractivity (Wildman–Crippen MR) is 120 cm³/mol. The van der Waals surface area contributed by atoms with Gasteiger partial charge < -0.3 is 10.2 Å².